The summed E-state index contributed by atoms with van der Waals surface area (Å²) in [6.07, 6.45) is 0. The van der Waals surface area contributed by atoms with Crippen molar-refractivity contribution in [3.8, 4) is 0 Å². The monoisotopic (exact) mass is 488 g/mol. The zero-order chi connectivity index (χ0) is 20.7. The third-order valence-electron chi connectivity index (χ3n) is 3.87. The van der Waals surface area contributed by atoms with Crippen molar-refractivity contribution >= 4 is 43.5 Å². The number of ether oxygens (including phenoxy) is 1. The third-order valence-corrected chi connectivity index (χ3v) is 6.45. The Morgan fingerprint density at radius 2 is 1.79 bits per heavy atom. The maximum Gasteiger partial charge on any atom is 0.243 e. The van der Waals surface area contributed by atoms with Gasteiger partial charge in [-0.3, -0.25) is 4.79 Å². The van der Waals surface area contributed by atoms with Gasteiger partial charge in [0.1, 0.15) is 0 Å². The lowest BCUT2D eigenvalue weighted by Crippen LogP contribution is -2.44. The van der Waals surface area contributed by atoms with Gasteiger partial charge in [-0.2, -0.15) is 4.31 Å². The van der Waals surface area contributed by atoms with E-state index < -0.39 is 15.9 Å². The van der Waals surface area contributed by atoms with E-state index in [1.165, 1.54) is 31.4 Å². The molecule has 2 rings (SSSR count). The number of methoxy groups -OCH3 is 1. The minimum absolute atomic E-state index is 0.0598. The number of amides is 1. The molecule has 0 aromatic heterocycles. The largest absolute Gasteiger partial charge is 0.383 e. The van der Waals surface area contributed by atoms with Crippen LogP contribution in [0.1, 0.15) is 12.5 Å². The Morgan fingerprint density at radius 1 is 1.18 bits per heavy atom. The molecule has 0 radical (unpaired) electrons. The lowest BCUT2D eigenvalue weighted by molar-refractivity contribution is -0.122. The maximum absolute atomic E-state index is 13.1. The molecule has 2 aromatic rings. The van der Waals surface area contributed by atoms with Crippen LogP contribution in [-0.2, 0) is 26.1 Å². The fourth-order valence-corrected chi connectivity index (χ4v) is 4.32. The van der Waals surface area contributed by atoms with Gasteiger partial charge in [-0.1, -0.05) is 39.7 Å². The van der Waals surface area contributed by atoms with Gasteiger partial charge in [0.25, 0.3) is 0 Å². The number of rotatable bonds is 9. The first-order valence-corrected chi connectivity index (χ1v) is 11.1. The third kappa shape index (κ3) is 6.56. The molecule has 6 nitrogen and oxygen atoms in total. The second-order valence-corrected chi connectivity index (χ2v) is 9.57. The van der Waals surface area contributed by atoms with E-state index >= 15 is 0 Å². The summed E-state index contributed by atoms with van der Waals surface area (Å²) in [6.45, 7) is 1.87. The quantitative estimate of drug-likeness (QED) is 0.585. The molecule has 152 valence electrons. The van der Waals surface area contributed by atoms with Crippen molar-refractivity contribution in [2.24, 2.45) is 0 Å². The number of sulfonamides is 1. The molecule has 2 aromatic carbocycles. The topological polar surface area (TPSA) is 75.7 Å². The van der Waals surface area contributed by atoms with E-state index in [9.17, 15) is 13.2 Å². The number of nitrogens with zero attached hydrogens (tertiary/aromatic N) is 1. The predicted molar refractivity (Wildman–Crippen MR) is 113 cm³/mol. The molecule has 0 aliphatic heterocycles. The molecule has 1 atom stereocenters. The first-order valence-electron chi connectivity index (χ1n) is 8.51. The molecular weight excluding hydrogens is 468 g/mol. The molecule has 0 bridgehead atoms. The summed E-state index contributed by atoms with van der Waals surface area (Å²) in [6, 6.07) is 12.9. The lowest BCUT2D eigenvalue weighted by Gasteiger charge is -2.23. The van der Waals surface area contributed by atoms with E-state index in [1.807, 2.05) is 12.1 Å². The van der Waals surface area contributed by atoms with Crippen LogP contribution in [0.4, 0.5) is 0 Å². The maximum atomic E-state index is 13.1. The van der Waals surface area contributed by atoms with Crippen LogP contribution in [0, 0.1) is 0 Å². The van der Waals surface area contributed by atoms with Crippen molar-refractivity contribution in [3.63, 3.8) is 0 Å². The zero-order valence-corrected chi connectivity index (χ0v) is 18.7. The minimum Gasteiger partial charge on any atom is -0.383 e. The summed E-state index contributed by atoms with van der Waals surface area (Å²) in [5, 5.41) is 3.17. The van der Waals surface area contributed by atoms with E-state index in [1.54, 1.807) is 19.1 Å². The zero-order valence-electron chi connectivity index (χ0n) is 15.6. The van der Waals surface area contributed by atoms with E-state index in [0.29, 0.717) is 11.6 Å². The van der Waals surface area contributed by atoms with Crippen LogP contribution in [0.2, 0.25) is 5.02 Å². The van der Waals surface area contributed by atoms with Crippen molar-refractivity contribution in [3.05, 3.63) is 63.6 Å². The van der Waals surface area contributed by atoms with Gasteiger partial charge < -0.3 is 10.1 Å². The Bertz CT molecular complexity index is 889. The summed E-state index contributed by atoms with van der Waals surface area (Å²) < 4.78 is 33.3. The first-order chi connectivity index (χ1) is 13.2. The van der Waals surface area contributed by atoms with Crippen LogP contribution in [-0.4, -0.2) is 44.9 Å². The summed E-state index contributed by atoms with van der Waals surface area (Å²) in [5.41, 5.74) is 0.762. The first kappa shape index (κ1) is 22.8. The number of hydrogen-bond acceptors (Lipinski definition) is 4. The highest BCUT2D eigenvalue weighted by molar-refractivity contribution is 9.10. The Morgan fingerprint density at radius 3 is 2.36 bits per heavy atom. The fraction of sp³-hybridized carbons (Fsp3) is 0.316. The summed E-state index contributed by atoms with van der Waals surface area (Å²) in [4.78, 5) is 12.5. The van der Waals surface area contributed by atoms with E-state index in [2.05, 4.69) is 21.2 Å². The summed E-state index contributed by atoms with van der Waals surface area (Å²) >= 11 is 9.22. The van der Waals surface area contributed by atoms with Crippen LogP contribution in [0.25, 0.3) is 0 Å². The molecule has 0 heterocycles. The molecule has 1 N–H and O–H groups in total. The second-order valence-electron chi connectivity index (χ2n) is 6.28. The van der Waals surface area contributed by atoms with Crippen LogP contribution in [0.5, 0.6) is 0 Å². The van der Waals surface area contributed by atoms with Crippen molar-refractivity contribution < 1.29 is 17.9 Å². The SMILES string of the molecule is COC[C@H](C)NC(=O)CN(Cc1ccc(Br)cc1)S(=O)(=O)c1ccc(Cl)cc1. The molecule has 1 amide bonds. The van der Waals surface area contributed by atoms with Gasteiger partial charge >= 0.3 is 0 Å². The number of nitrogens with one attached hydrogen (secondary N) is 1. The van der Waals surface area contributed by atoms with Gasteiger partial charge in [-0.15, -0.1) is 0 Å². The molecule has 9 heteroatoms. The summed E-state index contributed by atoms with van der Waals surface area (Å²) in [5.74, 6) is -0.404. The smallest absolute Gasteiger partial charge is 0.243 e. The standard InChI is InChI=1S/C19H22BrClN2O4S/c1-14(13-27-2)22-19(24)12-23(11-15-3-5-16(20)6-4-15)28(25,26)18-9-7-17(21)8-10-18/h3-10,14H,11-13H2,1-2H3,(H,22,24)/t14-/m0/s1. The number of hydrogen-bond donors (Lipinski definition) is 1. The predicted octanol–water partition coefficient (Wildman–Crippen LogP) is 3.44. The van der Waals surface area contributed by atoms with Gasteiger partial charge in [0.15, 0.2) is 0 Å². The number of benzene rings is 2. The van der Waals surface area contributed by atoms with Gasteiger partial charge in [-0.25, -0.2) is 8.42 Å². The molecule has 28 heavy (non-hydrogen) atoms. The van der Waals surface area contributed by atoms with E-state index in [0.717, 1.165) is 14.3 Å². The van der Waals surface area contributed by atoms with Gasteiger partial charge in [0.05, 0.1) is 18.0 Å². The normalized spacial score (nSPS) is 12.8. The highest BCUT2D eigenvalue weighted by Gasteiger charge is 2.27. The van der Waals surface area contributed by atoms with Crippen LogP contribution >= 0.6 is 27.5 Å². The van der Waals surface area contributed by atoms with Gasteiger partial charge in [0, 0.05) is 29.2 Å². The highest BCUT2D eigenvalue weighted by Crippen LogP contribution is 2.21. The van der Waals surface area contributed by atoms with Crippen LogP contribution in [0.3, 0.4) is 0 Å². The molecular formula is C19H22BrClN2O4S. The second kappa shape index (κ2) is 10.4. The van der Waals surface area contributed by atoms with Crippen molar-refractivity contribution in [2.75, 3.05) is 20.3 Å². The average molecular weight is 490 g/mol. The molecule has 0 saturated carbocycles. The summed E-state index contributed by atoms with van der Waals surface area (Å²) in [7, 11) is -2.36. The molecule has 0 unspecified atom stereocenters. The molecule has 0 aliphatic carbocycles. The van der Waals surface area contributed by atoms with Crippen molar-refractivity contribution in [2.45, 2.75) is 24.4 Å². The molecule has 0 spiro atoms. The Labute approximate surface area is 179 Å². The number of halogens is 2. The molecule has 0 fully saturated rings. The van der Waals surface area contributed by atoms with E-state index in [-0.39, 0.29) is 24.0 Å². The molecule has 0 saturated heterocycles. The number of carbonyl (C=O) groups is 1. The Kier molecular flexibility index (Phi) is 8.45. The average Bonchev–Trinajstić information content (AvgIpc) is 2.63. The number of carbonyl (C=O) groups excluding carboxylic acids is 1. The van der Waals surface area contributed by atoms with Gasteiger partial charge in [0.2, 0.25) is 15.9 Å². The van der Waals surface area contributed by atoms with Gasteiger partial charge in [-0.05, 0) is 48.9 Å². The van der Waals surface area contributed by atoms with Crippen molar-refractivity contribution in [1.82, 2.24) is 9.62 Å². The van der Waals surface area contributed by atoms with Crippen LogP contribution < -0.4 is 5.32 Å². The Balaban J connectivity index is 2.27. The lowest BCUT2D eigenvalue weighted by atomic mass is 10.2. The fourth-order valence-electron chi connectivity index (χ4n) is 2.55. The van der Waals surface area contributed by atoms with Crippen molar-refractivity contribution in [1.29, 1.82) is 0 Å². The highest BCUT2D eigenvalue weighted by atomic mass is 79.9. The van der Waals surface area contributed by atoms with Crippen LogP contribution in [0.15, 0.2) is 57.9 Å². The minimum atomic E-state index is -3.90. The Hall–Kier alpha value is -1.45. The molecule has 0 aliphatic rings. The van der Waals surface area contributed by atoms with E-state index in [4.69, 9.17) is 16.3 Å².